The zero-order valence-electron chi connectivity index (χ0n) is 9.80. The third-order valence-corrected chi connectivity index (χ3v) is 5.54. The number of nitrogens with one attached hydrogen (secondary N) is 1. The lowest BCUT2D eigenvalue weighted by atomic mass is 10.4. The number of thiazole rings is 1. The van der Waals surface area contributed by atoms with Crippen molar-refractivity contribution in [2.45, 2.75) is 6.92 Å². The van der Waals surface area contributed by atoms with Crippen molar-refractivity contribution < 1.29 is 9.59 Å². The van der Waals surface area contributed by atoms with Crippen LogP contribution in [0.5, 0.6) is 0 Å². The van der Waals surface area contributed by atoms with Gasteiger partial charge in [-0.1, -0.05) is 11.3 Å². The standard InChI is InChI=1S/C12H8N2O2S3/c1-6(15)10-5-13-12(19-10)14-11(16)9-4-8-7(18-9)2-3-17-8/h2-5H,1H3,(H,13,14,16). The normalized spacial score (nSPS) is 10.8. The zero-order valence-corrected chi connectivity index (χ0v) is 12.2. The lowest BCUT2D eigenvalue weighted by molar-refractivity contribution is 0.101. The first kappa shape index (κ1) is 12.5. The summed E-state index contributed by atoms with van der Waals surface area (Å²) in [5.41, 5.74) is 0. The molecule has 0 fully saturated rings. The van der Waals surface area contributed by atoms with Crippen molar-refractivity contribution in [3.05, 3.63) is 33.5 Å². The van der Waals surface area contributed by atoms with Crippen LogP contribution in [0.25, 0.3) is 9.40 Å². The Morgan fingerprint density at radius 3 is 2.74 bits per heavy atom. The number of hydrogen-bond acceptors (Lipinski definition) is 6. The Balaban J connectivity index is 1.80. The fourth-order valence-corrected chi connectivity index (χ4v) is 4.24. The van der Waals surface area contributed by atoms with Crippen molar-refractivity contribution in [1.29, 1.82) is 0 Å². The molecule has 0 spiro atoms. The van der Waals surface area contributed by atoms with Gasteiger partial charge in [-0.2, -0.15) is 0 Å². The predicted molar refractivity (Wildman–Crippen MR) is 79.8 cm³/mol. The summed E-state index contributed by atoms with van der Waals surface area (Å²) in [5.74, 6) is -0.229. The molecule has 19 heavy (non-hydrogen) atoms. The quantitative estimate of drug-likeness (QED) is 0.747. The van der Waals surface area contributed by atoms with Crippen molar-refractivity contribution in [3.8, 4) is 0 Å². The Labute approximate surface area is 120 Å². The summed E-state index contributed by atoms with van der Waals surface area (Å²) in [7, 11) is 0. The molecule has 3 rings (SSSR count). The van der Waals surface area contributed by atoms with Gasteiger partial charge >= 0.3 is 0 Å². The van der Waals surface area contributed by atoms with E-state index in [9.17, 15) is 9.59 Å². The molecule has 96 valence electrons. The van der Waals surface area contributed by atoms with Crippen LogP contribution in [0.1, 0.15) is 26.3 Å². The summed E-state index contributed by atoms with van der Waals surface area (Å²) in [6.45, 7) is 1.48. The van der Waals surface area contributed by atoms with Gasteiger partial charge in [-0.15, -0.1) is 22.7 Å². The smallest absolute Gasteiger partial charge is 0.267 e. The number of fused-ring (bicyclic) bond motifs is 1. The summed E-state index contributed by atoms with van der Waals surface area (Å²) in [6.07, 6.45) is 1.48. The van der Waals surface area contributed by atoms with Gasteiger partial charge in [0.05, 0.1) is 16.0 Å². The largest absolute Gasteiger partial charge is 0.297 e. The van der Waals surface area contributed by atoms with E-state index in [1.54, 1.807) is 11.3 Å². The van der Waals surface area contributed by atoms with Crippen molar-refractivity contribution in [3.63, 3.8) is 0 Å². The zero-order chi connectivity index (χ0) is 13.4. The Kier molecular flexibility index (Phi) is 3.17. The molecule has 0 aliphatic rings. The van der Waals surface area contributed by atoms with Gasteiger partial charge in [-0.25, -0.2) is 4.98 Å². The molecule has 0 atom stereocenters. The van der Waals surface area contributed by atoms with Crippen LogP contribution in [0.3, 0.4) is 0 Å². The Morgan fingerprint density at radius 1 is 1.21 bits per heavy atom. The molecular formula is C12H8N2O2S3. The van der Waals surface area contributed by atoms with Gasteiger partial charge in [-0.05, 0) is 17.5 Å². The molecule has 0 aliphatic carbocycles. The summed E-state index contributed by atoms with van der Waals surface area (Å²) in [6, 6.07) is 3.87. The number of anilines is 1. The van der Waals surface area contributed by atoms with Crippen LogP contribution in [-0.4, -0.2) is 16.7 Å². The minimum atomic E-state index is -0.183. The molecular weight excluding hydrogens is 300 g/mol. The molecule has 0 aromatic carbocycles. The van der Waals surface area contributed by atoms with Crippen molar-refractivity contribution >= 4 is 60.2 Å². The average Bonchev–Trinajstić information content (AvgIpc) is 3.02. The molecule has 7 heteroatoms. The number of rotatable bonds is 3. The van der Waals surface area contributed by atoms with Crippen LogP contribution in [0.2, 0.25) is 0 Å². The first-order chi connectivity index (χ1) is 9.13. The monoisotopic (exact) mass is 308 g/mol. The predicted octanol–water partition coefficient (Wildman–Crippen LogP) is 3.87. The molecule has 0 aliphatic heterocycles. The van der Waals surface area contributed by atoms with Gasteiger partial charge in [-0.3, -0.25) is 14.9 Å². The van der Waals surface area contributed by atoms with Crippen LogP contribution < -0.4 is 5.32 Å². The van der Waals surface area contributed by atoms with Crippen molar-refractivity contribution in [2.24, 2.45) is 0 Å². The van der Waals surface area contributed by atoms with Crippen LogP contribution in [0.15, 0.2) is 23.7 Å². The number of carbonyl (C=O) groups excluding carboxylic acids is 2. The average molecular weight is 308 g/mol. The van der Waals surface area contributed by atoms with Gasteiger partial charge in [0.15, 0.2) is 10.9 Å². The molecule has 4 nitrogen and oxygen atoms in total. The maximum Gasteiger partial charge on any atom is 0.267 e. The molecule has 1 N–H and O–H groups in total. The van der Waals surface area contributed by atoms with E-state index in [-0.39, 0.29) is 11.7 Å². The molecule has 1 amide bonds. The molecule has 0 unspecified atom stereocenters. The molecule has 3 aromatic rings. The van der Waals surface area contributed by atoms with E-state index in [0.717, 1.165) is 9.40 Å². The SMILES string of the molecule is CC(=O)c1cnc(NC(=O)c2cc3sccc3s2)s1. The number of amides is 1. The van der Waals surface area contributed by atoms with Crippen LogP contribution >= 0.6 is 34.0 Å². The van der Waals surface area contributed by atoms with Gasteiger partial charge in [0.2, 0.25) is 0 Å². The van der Waals surface area contributed by atoms with E-state index >= 15 is 0 Å². The highest BCUT2D eigenvalue weighted by atomic mass is 32.1. The van der Waals surface area contributed by atoms with Gasteiger partial charge in [0, 0.05) is 16.3 Å². The number of carbonyl (C=O) groups is 2. The number of aromatic nitrogens is 1. The maximum atomic E-state index is 12.0. The minimum Gasteiger partial charge on any atom is -0.297 e. The topological polar surface area (TPSA) is 59.1 Å². The number of Topliss-reactive ketones (excluding diaryl/α,β-unsaturated/α-hetero) is 1. The van der Waals surface area contributed by atoms with E-state index < -0.39 is 0 Å². The van der Waals surface area contributed by atoms with Crippen molar-refractivity contribution in [2.75, 3.05) is 5.32 Å². The first-order valence-electron chi connectivity index (χ1n) is 5.38. The van der Waals surface area contributed by atoms with Gasteiger partial charge in [0.1, 0.15) is 0 Å². The Morgan fingerprint density at radius 2 is 2.05 bits per heavy atom. The third-order valence-electron chi connectivity index (χ3n) is 2.44. The second-order valence-electron chi connectivity index (χ2n) is 3.80. The summed E-state index contributed by atoms with van der Waals surface area (Å²) in [5, 5.41) is 5.17. The molecule has 0 saturated heterocycles. The second-order valence-corrected chi connectivity index (χ2v) is 6.86. The molecule has 3 heterocycles. The number of hydrogen-bond donors (Lipinski definition) is 1. The fourth-order valence-electron chi connectivity index (χ4n) is 1.53. The molecule has 0 saturated carbocycles. The highest BCUT2D eigenvalue weighted by Gasteiger charge is 2.13. The van der Waals surface area contributed by atoms with Gasteiger partial charge in [0.25, 0.3) is 5.91 Å². The fraction of sp³-hybridized carbons (Fsp3) is 0.0833. The Bertz CT molecular complexity index is 740. The van der Waals surface area contributed by atoms with E-state index in [2.05, 4.69) is 10.3 Å². The molecule has 0 radical (unpaired) electrons. The van der Waals surface area contributed by atoms with Crippen LogP contribution in [-0.2, 0) is 0 Å². The summed E-state index contributed by atoms with van der Waals surface area (Å²) in [4.78, 5) is 28.4. The lowest BCUT2D eigenvalue weighted by Gasteiger charge is -1.97. The van der Waals surface area contributed by atoms with Crippen LogP contribution in [0.4, 0.5) is 5.13 Å². The molecule has 3 aromatic heterocycles. The van der Waals surface area contributed by atoms with E-state index in [1.807, 2.05) is 17.5 Å². The van der Waals surface area contributed by atoms with Crippen molar-refractivity contribution in [1.82, 2.24) is 4.98 Å². The summed E-state index contributed by atoms with van der Waals surface area (Å²) >= 11 is 4.25. The van der Waals surface area contributed by atoms with E-state index in [4.69, 9.17) is 0 Å². The van der Waals surface area contributed by atoms with Gasteiger partial charge < -0.3 is 0 Å². The number of nitrogens with zero attached hydrogens (tertiary/aromatic N) is 1. The highest BCUT2D eigenvalue weighted by Crippen LogP contribution is 2.30. The number of thiophene rings is 2. The Hall–Kier alpha value is -1.57. The van der Waals surface area contributed by atoms with E-state index in [1.165, 1.54) is 35.8 Å². The summed E-state index contributed by atoms with van der Waals surface area (Å²) < 4.78 is 2.22. The lowest BCUT2D eigenvalue weighted by Crippen LogP contribution is -2.09. The third kappa shape index (κ3) is 2.44. The highest BCUT2D eigenvalue weighted by molar-refractivity contribution is 7.28. The molecule has 0 bridgehead atoms. The van der Waals surface area contributed by atoms with Crippen LogP contribution in [0, 0.1) is 0 Å². The minimum absolute atomic E-state index is 0.0466. The first-order valence-corrected chi connectivity index (χ1v) is 7.90. The second kappa shape index (κ2) is 4.84. The maximum absolute atomic E-state index is 12.0. The van der Waals surface area contributed by atoms with E-state index in [0.29, 0.717) is 14.9 Å². The number of ketones is 1.